The molecular formula is C14H26N2O4. The van der Waals surface area contributed by atoms with Crippen LogP contribution in [0.15, 0.2) is 0 Å². The number of nitrogens with one attached hydrogen (secondary N) is 1. The number of carbonyl (C=O) groups is 2. The van der Waals surface area contributed by atoms with Crippen LogP contribution < -0.4 is 5.32 Å². The number of aliphatic hydroxyl groups excluding tert-OH is 1. The highest BCUT2D eigenvalue weighted by Crippen LogP contribution is 2.21. The molecule has 0 aromatic heterocycles. The molecule has 1 rings (SSSR count). The van der Waals surface area contributed by atoms with Gasteiger partial charge >= 0.3 is 12.0 Å². The van der Waals surface area contributed by atoms with Gasteiger partial charge < -0.3 is 20.4 Å². The zero-order chi connectivity index (χ0) is 15.1. The van der Waals surface area contributed by atoms with E-state index < -0.39 is 24.1 Å². The summed E-state index contributed by atoms with van der Waals surface area (Å²) in [5.74, 6) is -0.558. The van der Waals surface area contributed by atoms with Gasteiger partial charge in [-0.2, -0.15) is 0 Å². The van der Waals surface area contributed by atoms with E-state index in [2.05, 4.69) is 12.2 Å². The van der Waals surface area contributed by atoms with Crippen LogP contribution in [0.3, 0.4) is 0 Å². The zero-order valence-corrected chi connectivity index (χ0v) is 12.3. The number of urea groups is 1. The number of aliphatic hydroxyl groups is 1. The molecule has 0 radical (unpaired) electrons. The number of amides is 2. The smallest absolute Gasteiger partial charge is 0.328 e. The van der Waals surface area contributed by atoms with Crippen LogP contribution in [-0.4, -0.2) is 52.3 Å². The molecule has 0 bridgehead atoms. The van der Waals surface area contributed by atoms with Gasteiger partial charge in [-0.05, 0) is 32.1 Å². The summed E-state index contributed by atoms with van der Waals surface area (Å²) in [6.07, 6.45) is 4.26. The van der Waals surface area contributed by atoms with Crippen molar-refractivity contribution in [3.63, 3.8) is 0 Å². The lowest BCUT2D eigenvalue weighted by atomic mass is 9.96. The summed E-state index contributed by atoms with van der Waals surface area (Å²) >= 11 is 0. The van der Waals surface area contributed by atoms with Crippen molar-refractivity contribution in [1.29, 1.82) is 0 Å². The van der Waals surface area contributed by atoms with Crippen molar-refractivity contribution in [2.75, 3.05) is 13.1 Å². The van der Waals surface area contributed by atoms with Crippen molar-refractivity contribution < 1.29 is 19.8 Å². The van der Waals surface area contributed by atoms with Gasteiger partial charge in [0.1, 0.15) is 0 Å². The maximum Gasteiger partial charge on any atom is 0.328 e. The molecule has 1 aliphatic rings. The molecular weight excluding hydrogens is 260 g/mol. The fraction of sp³-hybridized carbons (Fsp3) is 0.857. The van der Waals surface area contributed by atoms with Crippen LogP contribution in [0.5, 0.6) is 0 Å². The first-order chi connectivity index (χ1) is 9.45. The van der Waals surface area contributed by atoms with Crippen molar-refractivity contribution in [3.8, 4) is 0 Å². The van der Waals surface area contributed by atoms with Gasteiger partial charge in [0.2, 0.25) is 0 Å². The van der Waals surface area contributed by atoms with Crippen LogP contribution in [0, 0.1) is 5.92 Å². The van der Waals surface area contributed by atoms with Crippen molar-refractivity contribution in [3.05, 3.63) is 0 Å². The van der Waals surface area contributed by atoms with Gasteiger partial charge in [0.15, 0.2) is 6.04 Å². The predicted molar refractivity (Wildman–Crippen MR) is 75.5 cm³/mol. The molecule has 1 unspecified atom stereocenters. The highest BCUT2D eigenvalue weighted by Gasteiger charge is 2.28. The molecule has 20 heavy (non-hydrogen) atoms. The molecule has 0 aromatic carbocycles. The first kappa shape index (κ1) is 16.8. The van der Waals surface area contributed by atoms with Crippen molar-refractivity contribution >= 4 is 12.0 Å². The topological polar surface area (TPSA) is 89.9 Å². The van der Waals surface area contributed by atoms with Gasteiger partial charge in [-0.15, -0.1) is 0 Å². The monoisotopic (exact) mass is 286 g/mol. The Labute approximate surface area is 120 Å². The van der Waals surface area contributed by atoms with E-state index >= 15 is 0 Å². The molecule has 116 valence electrons. The highest BCUT2D eigenvalue weighted by molar-refractivity contribution is 5.83. The molecule has 3 N–H and O–H groups in total. The van der Waals surface area contributed by atoms with E-state index in [0.29, 0.717) is 19.0 Å². The van der Waals surface area contributed by atoms with Crippen LogP contribution in [0.25, 0.3) is 0 Å². The number of hydrogen-bond donors (Lipinski definition) is 3. The molecule has 1 saturated heterocycles. The van der Waals surface area contributed by atoms with Crippen LogP contribution in [0.2, 0.25) is 0 Å². The number of rotatable bonds is 5. The van der Waals surface area contributed by atoms with E-state index in [-0.39, 0.29) is 0 Å². The van der Waals surface area contributed by atoms with Crippen molar-refractivity contribution in [2.24, 2.45) is 5.92 Å². The Morgan fingerprint density at radius 3 is 2.60 bits per heavy atom. The van der Waals surface area contributed by atoms with Crippen LogP contribution in [0.4, 0.5) is 4.79 Å². The molecule has 1 aliphatic heterocycles. The fourth-order valence-electron chi connectivity index (χ4n) is 2.68. The van der Waals surface area contributed by atoms with Gasteiger partial charge in [0, 0.05) is 13.1 Å². The van der Waals surface area contributed by atoms with Crippen molar-refractivity contribution in [2.45, 2.75) is 58.1 Å². The van der Waals surface area contributed by atoms with E-state index in [0.717, 1.165) is 25.7 Å². The lowest BCUT2D eigenvalue weighted by Crippen LogP contribution is -2.52. The second-order valence-corrected chi connectivity index (χ2v) is 5.58. The third-order valence-electron chi connectivity index (χ3n) is 3.86. The molecule has 6 heteroatoms. The second-order valence-electron chi connectivity index (χ2n) is 5.58. The van der Waals surface area contributed by atoms with Gasteiger partial charge in [-0.1, -0.05) is 19.8 Å². The molecule has 0 spiro atoms. The lowest BCUT2D eigenvalue weighted by molar-refractivity contribution is -0.141. The number of carbonyl (C=O) groups excluding carboxylic acids is 1. The van der Waals surface area contributed by atoms with E-state index in [1.165, 1.54) is 13.3 Å². The predicted octanol–water partition coefficient (Wildman–Crippen LogP) is 1.43. The third-order valence-corrected chi connectivity index (χ3v) is 3.86. The summed E-state index contributed by atoms with van der Waals surface area (Å²) in [4.78, 5) is 24.7. The standard InChI is InChI=1S/C14H26N2O4/c1-3-5-11-6-4-8-16(9-7-11)14(20)15-12(10(2)17)13(18)19/h10-12,17H,3-9H2,1-2H3,(H,15,20)(H,18,19)/t10-,11?,12+/m1/s1. The third kappa shape index (κ3) is 5.00. The maximum atomic E-state index is 12.1. The Kier molecular flexibility index (Phi) is 6.78. The van der Waals surface area contributed by atoms with E-state index in [1.807, 2.05) is 0 Å². The number of hydrogen-bond acceptors (Lipinski definition) is 3. The summed E-state index contributed by atoms with van der Waals surface area (Å²) < 4.78 is 0. The van der Waals surface area contributed by atoms with Crippen molar-refractivity contribution in [1.82, 2.24) is 10.2 Å². The maximum absolute atomic E-state index is 12.1. The summed E-state index contributed by atoms with van der Waals surface area (Å²) in [5.41, 5.74) is 0. The minimum absolute atomic E-state index is 0.393. The number of likely N-dealkylation sites (tertiary alicyclic amines) is 1. The number of carboxylic acid groups (broad SMARTS) is 1. The molecule has 0 aromatic rings. The highest BCUT2D eigenvalue weighted by atomic mass is 16.4. The number of nitrogens with zero attached hydrogens (tertiary/aromatic N) is 1. The molecule has 2 amide bonds. The molecule has 0 saturated carbocycles. The summed E-state index contributed by atoms with van der Waals surface area (Å²) in [7, 11) is 0. The molecule has 6 nitrogen and oxygen atoms in total. The molecule has 3 atom stereocenters. The van der Waals surface area contributed by atoms with E-state index in [4.69, 9.17) is 5.11 Å². The van der Waals surface area contributed by atoms with Crippen LogP contribution >= 0.6 is 0 Å². The van der Waals surface area contributed by atoms with E-state index in [1.54, 1.807) is 4.90 Å². The minimum Gasteiger partial charge on any atom is -0.480 e. The van der Waals surface area contributed by atoms with Gasteiger partial charge in [-0.3, -0.25) is 0 Å². The average Bonchev–Trinajstić information content (AvgIpc) is 2.61. The Bertz CT molecular complexity index is 333. The Balaban J connectivity index is 2.52. The zero-order valence-electron chi connectivity index (χ0n) is 12.3. The summed E-state index contributed by atoms with van der Waals surface area (Å²) in [6.45, 7) is 4.83. The quantitative estimate of drug-likeness (QED) is 0.713. The van der Waals surface area contributed by atoms with Gasteiger partial charge in [-0.25, -0.2) is 9.59 Å². The first-order valence-corrected chi connectivity index (χ1v) is 7.42. The number of aliphatic carboxylic acids is 1. The summed E-state index contributed by atoms with van der Waals surface area (Å²) in [6, 6.07) is -1.65. The fourth-order valence-corrected chi connectivity index (χ4v) is 2.68. The Morgan fingerprint density at radius 2 is 2.05 bits per heavy atom. The van der Waals surface area contributed by atoms with E-state index in [9.17, 15) is 14.7 Å². The van der Waals surface area contributed by atoms with Gasteiger partial charge in [0.25, 0.3) is 0 Å². The molecule has 1 heterocycles. The minimum atomic E-state index is -1.25. The van der Waals surface area contributed by atoms with Gasteiger partial charge in [0.05, 0.1) is 6.10 Å². The largest absolute Gasteiger partial charge is 0.480 e. The lowest BCUT2D eigenvalue weighted by Gasteiger charge is -2.25. The van der Waals surface area contributed by atoms with Crippen LogP contribution in [-0.2, 0) is 4.79 Å². The molecule has 0 aliphatic carbocycles. The summed E-state index contributed by atoms with van der Waals surface area (Å²) in [5, 5.41) is 20.7. The average molecular weight is 286 g/mol. The van der Waals surface area contributed by atoms with Crippen LogP contribution in [0.1, 0.15) is 46.0 Å². The Morgan fingerprint density at radius 1 is 1.35 bits per heavy atom. The SMILES string of the molecule is CCCC1CCCN(C(=O)N[C@H](C(=O)O)[C@@H](C)O)CC1. The second kappa shape index (κ2) is 8.09. The normalized spacial score (nSPS) is 22.8. The Hall–Kier alpha value is -1.30. The first-order valence-electron chi connectivity index (χ1n) is 7.42. The number of carboxylic acids is 1. The molecule has 1 fully saturated rings.